The van der Waals surface area contributed by atoms with Gasteiger partial charge in [-0.25, -0.2) is 9.18 Å². The average Bonchev–Trinajstić information content (AvgIpc) is 3.50. The van der Waals surface area contributed by atoms with Crippen LogP contribution in [-0.4, -0.2) is 75.4 Å². The van der Waals surface area contributed by atoms with Crippen molar-refractivity contribution >= 4 is 64.7 Å². The summed E-state index contributed by atoms with van der Waals surface area (Å²) in [5, 5.41) is 28.3. The Bertz CT molecular complexity index is 2750. The van der Waals surface area contributed by atoms with Crippen LogP contribution >= 0.6 is 12.6 Å². The van der Waals surface area contributed by atoms with Crippen molar-refractivity contribution in [1.29, 1.82) is 0 Å². The van der Waals surface area contributed by atoms with E-state index in [0.717, 1.165) is 40.2 Å². The van der Waals surface area contributed by atoms with Gasteiger partial charge in [0.2, 0.25) is 17.5 Å². The van der Waals surface area contributed by atoms with Crippen molar-refractivity contribution in [2.24, 2.45) is 5.73 Å². The molecule has 0 spiro atoms. The van der Waals surface area contributed by atoms with Crippen LogP contribution in [0.4, 0.5) is 26.2 Å². The van der Waals surface area contributed by atoms with Gasteiger partial charge in [0.1, 0.15) is 42.6 Å². The number of carbonyl (C=O) groups is 4. The molecule has 2 aliphatic rings. The highest BCUT2D eigenvalue weighted by Crippen LogP contribution is 2.43. The first kappa shape index (κ1) is 50.0. The molecule has 4 N–H and O–H groups in total. The lowest BCUT2D eigenvalue weighted by molar-refractivity contribution is -0.438. The van der Waals surface area contributed by atoms with Crippen molar-refractivity contribution in [2.45, 2.75) is 77.9 Å². The van der Waals surface area contributed by atoms with Gasteiger partial charge in [0.15, 0.2) is 11.5 Å². The van der Waals surface area contributed by atoms with Gasteiger partial charge in [-0.05, 0) is 88.9 Å². The molecule has 19 heteroatoms. The number of allylic oxidation sites excluding steroid dienone is 3. The first-order valence-corrected chi connectivity index (χ1v) is 22.4. The number of aryl methyl sites for hydroxylation is 2. The lowest BCUT2D eigenvalue weighted by atomic mass is 9.77. The predicted molar refractivity (Wildman–Crippen MR) is 254 cm³/mol. The number of nitrogens with two attached hydrogens (primary N) is 1. The molecule has 356 valence electrons. The summed E-state index contributed by atoms with van der Waals surface area (Å²) >= 11 is 4.26. The summed E-state index contributed by atoms with van der Waals surface area (Å²) < 4.78 is 32.7. The summed E-state index contributed by atoms with van der Waals surface area (Å²) in [5.74, 6) is -1.22. The highest BCUT2D eigenvalue weighted by molar-refractivity contribution is 7.80. The van der Waals surface area contributed by atoms with E-state index in [9.17, 15) is 43.8 Å². The number of unbranched alkanes of at least 4 members (excludes halogenated alkanes) is 2. The first-order valence-electron chi connectivity index (χ1n) is 21.8. The third-order valence-corrected chi connectivity index (χ3v) is 12.1. The van der Waals surface area contributed by atoms with E-state index in [4.69, 9.17) is 19.9 Å². The van der Waals surface area contributed by atoms with E-state index >= 15 is 0 Å². The average molecular weight is 952 g/mol. The molecule has 0 saturated heterocycles. The second-order valence-electron chi connectivity index (χ2n) is 16.9. The Balaban J connectivity index is 0.977. The smallest absolute Gasteiger partial charge is 0.491 e. The summed E-state index contributed by atoms with van der Waals surface area (Å²) in [7, 11) is 0. The fourth-order valence-corrected chi connectivity index (χ4v) is 8.30. The van der Waals surface area contributed by atoms with Gasteiger partial charge in [-0.15, -0.1) is 0 Å². The van der Waals surface area contributed by atoms with Crippen LogP contribution < -0.4 is 25.8 Å². The third kappa shape index (κ3) is 11.4. The predicted octanol–water partition coefficient (Wildman–Crippen LogP) is 7.96. The number of rotatable bonds is 20. The van der Waals surface area contributed by atoms with Crippen molar-refractivity contribution < 1.29 is 52.2 Å². The van der Waals surface area contributed by atoms with Gasteiger partial charge in [-0.2, -0.15) is 17.2 Å². The quantitative estimate of drug-likeness (QED) is 0.00965. The maximum absolute atomic E-state index is 14.6. The van der Waals surface area contributed by atoms with Gasteiger partial charge < -0.3 is 30.6 Å². The van der Waals surface area contributed by atoms with Crippen molar-refractivity contribution in [3.8, 4) is 11.5 Å². The number of ketones is 1. The molecule has 2 atom stereocenters. The highest BCUT2D eigenvalue weighted by Gasteiger charge is 2.46. The molecular weight excluding hydrogens is 900 g/mol. The number of ether oxygens (including phenoxy) is 3. The van der Waals surface area contributed by atoms with E-state index in [1.165, 1.54) is 43.3 Å². The fourth-order valence-electron chi connectivity index (χ4n) is 8.04. The number of nitrogens with one attached hydrogen (secondary N) is 2. The molecule has 2 amide bonds. The van der Waals surface area contributed by atoms with Gasteiger partial charge in [-0.1, -0.05) is 29.8 Å². The summed E-state index contributed by atoms with van der Waals surface area (Å²) in [6.07, 6.45) is 1.48. The molecule has 0 aromatic heterocycles. The summed E-state index contributed by atoms with van der Waals surface area (Å²) in [5.41, 5.74) is 11.3. The number of Topliss-reactive ketones (excluding diaryl/α,β-unsaturated/α-hetero) is 1. The van der Waals surface area contributed by atoms with Gasteiger partial charge in [0.25, 0.3) is 11.4 Å². The molecule has 1 aliphatic carbocycles. The van der Waals surface area contributed by atoms with Crippen LogP contribution in [0.3, 0.4) is 0 Å². The number of thiol groups is 1. The normalized spacial score (nSPS) is 15.3. The minimum absolute atomic E-state index is 0.00825. The van der Waals surface area contributed by atoms with Crippen LogP contribution in [0, 0.1) is 39.9 Å². The molecule has 17 nitrogen and oxygen atoms in total. The molecule has 0 bridgehead atoms. The second kappa shape index (κ2) is 21.5. The maximum atomic E-state index is 14.6. The molecule has 6 rings (SSSR count). The second-order valence-corrected chi connectivity index (χ2v) is 17.3. The zero-order chi connectivity index (χ0) is 49.4. The molecule has 0 saturated carbocycles. The maximum Gasteiger partial charge on any atom is 0.514 e. The highest BCUT2D eigenvalue weighted by atomic mass is 32.1. The molecule has 1 aliphatic heterocycles. The minimum Gasteiger partial charge on any atom is -0.491 e. The van der Waals surface area contributed by atoms with Gasteiger partial charge in [0, 0.05) is 48.4 Å². The number of non-ortho nitro benzene ring substituents is 1. The van der Waals surface area contributed by atoms with E-state index in [0.29, 0.717) is 48.2 Å². The Hall–Kier alpha value is -7.41. The van der Waals surface area contributed by atoms with Crippen LogP contribution in [0.2, 0.25) is 0 Å². The van der Waals surface area contributed by atoms with Gasteiger partial charge in [0.05, 0.1) is 50.3 Å². The zero-order valence-corrected chi connectivity index (χ0v) is 39.0. The van der Waals surface area contributed by atoms with Crippen LogP contribution in [0.25, 0.3) is 5.57 Å². The Morgan fingerprint density at radius 3 is 2.31 bits per heavy atom. The Morgan fingerprint density at radius 2 is 1.66 bits per heavy atom. The Kier molecular flexibility index (Phi) is 15.8. The monoisotopic (exact) mass is 951 g/mol. The Morgan fingerprint density at radius 1 is 0.956 bits per heavy atom. The Labute approximate surface area is 396 Å². The number of benzene rings is 4. The molecule has 68 heavy (non-hydrogen) atoms. The molecule has 0 fully saturated rings. The fraction of sp³-hybridized carbons (Fsp3) is 0.327. The van der Waals surface area contributed by atoms with Gasteiger partial charge in [-0.3, -0.25) is 34.6 Å². The van der Waals surface area contributed by atoms with Gasteiger partial charge >= 0.3 is 6.16 Å². The summed E-state index contributed by atoms with van der Waals surface area (Å²) in [4.78, 5) is 73.4. The molecule has 1 heterocycles. The number of fused-ring (bicyclic) bond motifs is 1. The number of nitro benzene ring substituents is 2. The standard InChI is InChI=1S/C49H51FN6O11S/c1-28-10-12-31(13-11-28)44-45(51)36(46(44)58)25-42-49(4,5)37-24-32(50)14-19-39(37)54(42)21-8-6-7-9-43(57)53-38(27-68)47(59)52-20-22-65-41-26-40(56(63)64)35(23-29(41)2)30(3)66-48(60)67-34-17-15-33(16-18-34)55(61)62/h10-19,23-26,30,38H,6-9,20-22,27,51H2,1-5H3,(H2-,52,53,57,59,68)/p+1/b36-25-. The van der Waals surface area contributed by atoms with Crippen molar-refractivity contribution in [1.82, 2.24) is 10.6 Å². The van der Waals surface area contributed by atoms with Crippen LogP contribution in [0.5, 0.6) is 11.5 Å². The molecule has 4 aromatic rings. The van der Waals surface area contributed by atoms with E-state index in [1.54, 1.807) is 13.0 Å². The number of hydrogen-bond acceptors (Lipinski definition) is 13. The SMILES string of the molecule is Cc1ccc(C2=C(N)/C(=C/C3=[N+](CCCCCC(=O)NC(CS)C(=O)NCCOc4cc([N+](=O)[O-])c(C(C)OC(=O)Oc5ccc([N+](=O)[O-])cc5)cc4C)c4ccc(F)cc4C3(C)C)C2=O)cc1. The van der Waals surface area contributed by atoms with E-state index in [2.05, 4.69) is 27.8 Å². The van der Waals surface area contributed by atoms with E-state index in [-0.39, 0.29) is 65.6 Å². The van der Waals surface area contributed by atoms with E-state index < -0.39 is 45.2 Å². The lowest BCUT2D eigenvalue weighted by Crippen LogP contribution is -2.48. The largest absolute Gasteiger partial charge is 0.514 e. The van der Waals surface area contributed by atoms with Crippen molar-refractivity contribution in [3.05, 3.63) is 150 Å². The molecule has 0 radical (unpaired) electrons. The third-order valence-electron chi connectivity index (χ3n) is 11.8. The molecule has 4 aromatic carbocycles. The van der Waals surface area contributed by atoms with Crippen LogP contribution in [0.1, 0.15) is 80.4 Å². The summed E-state index contributed by atoms with van der Waals surface area (Å²) in [6.45, 7) is 9.43. The first-order chi connectivity index (χ1) is 32.3. The number of nitrogens with zero attached hydrogens (tertiary/aromatic N) is 3. The van der Waals surface area contributed by atoms with E-state index in [1.807, 2.05) is 51.1 Å². The summed E-state index contributed by atoms with van der Waals surface area (Å²) in [6, 6.07) is 18.6. The zero-order valence-electron chi connectivity index (χ0n) is 38.1. The number of nitro groups is 2. The number of halogens is 1. The van der Waals surface area contributed by atoms with Crippen molar-refractivity contribution in [2.75, 3.05) is 25.4 Å². The number of amides is 2. The number of carbonyl (C=O) groups excluding carboxylic acids is 4. The number of hydrogen-bond donors (Lipinski definition) is 4. The molecule has 2 unspecified atom stereocenters. The lowest BCUT2D eigenvalue weighted by Gasteiger charge is -2.24. The molecular formula is C49H52FN6O11S+. The van der Waals surface area contributed by atoms with Crippen LogP contribution in [-0.2, 0) is 24.5 Å². The van der Waals surface area contributed by atoms with Crippen LogP contribution in [0.15, 0.2) is 96.2 Å². The van der Waals surface area contributed by atoms with Crippen molar-refractivity contribution in [3.63, 3.8) is 0 Å². The minimum atomic E-state index is -1.18. The topological polar surface area (TPSA) is 235 Å².